The molecule has 96 valence electrons. The van der Waals surface area contributed by atoms with Gasteiger partial charge in [-0.25, -0.2) is 0 Å². The van der Waals surface area contributed by atoms with Crippen LogP contribution in [0.1, 0.15) is 63.6 Å². The summed E-state index contributed by atoms with van der Waals surface area (Å²) in [6.45, 7) is 2.19. The molecular weight excluding hydrogens is 210 g/mol. The van der Waals surface area contributed by atoms with Crippen molar-refractivity contribution < 1.29 is 0 Å². The Balaban J connectivity index is 1.81. The summed E-state index contributed by atoms with van der Waals surface area (Å²) in [6.07, 6.45) is 11.9. The predicted molar refractivity (Wildman–Crippen MR) is 70.9 cm³/mol. The van der Waals surface area contributed by atoms with E-state index in [0.717, 1.165) is 19.3 Å². The van der Waals surface area contributed by atoms with E-state index in [9.17, 15) is 0 Å². The van der Waals surface area contributed by atoms with Crippen molar-refractivity contribution >= 4 is 0 Å². The zero-order chi connectivity index (χ0) is 12.1. The Morgan fingerprint density at radius 2 is 2.18 bits per heavy atom. The van der Waals surface area contributed by atoms with Crippen molar-refractivity contribution in [2.75, 3.05) is 0 Å². The van der Waals surface area contributed by atoms with Crippen molar-refractivity contribution in [3.05, 3.63) is 18.0 Å². The molecule has 0 aliphatic heterocycles. The maximum Gasteiger partial charge on any atom is 0.0625 e. The zero-order valence-corrected chi connectivity index (χ0v) is 10.9. The minimum absolute atomic E-state index is 0.344. The van der Waals surface area contributed by atoms with Crippen LogP contribution in [0.2, 0.25) is 0 Å². The van der Waals surface area contributed by atoms with Crippen molar-refractivity contribution in [3.8, 4) is 0 Å². The lowest BCUT2D eigenvalue weighted by Gasteiger charge is -2.10. The van der Waals surface area contributed by atoms with E-state index in [4.69, 9.17) is 5.73 Å². The standard InChI is InChI=1S/C14H25N3/c1-2-5-12(15)8-9-13-10-11-17(16-13)14-6-3-4-7-14/h10-12,14H,2-9,15H2,1H3. The van der Waals surface area contributed by atoms with Gasteiger partial charge in [-0.1, -0.05) is 26.2 Å². The molecule has 1 unspecified atom stereocenters. The van der Waals surface area contributed by atoms with E-state index >= 15 is 0 Å². The summed E-state index contributed by atoms with van der Waals surface area (Å²) in [4.78, 5) is 0. The second-order valence-electron chi connectivity index (χ2n) is 5.31. The summed E-state index contributed by atoms with van der Waals surface area (Å²) in [6, 6.07) is 3.17. The Bertz CT molecular complexity index is 326. The lowest BCUT2D eigenvalue weighted by atomic mass is 10.1. The maximum atomic E-state index is 6.03. The first-order chi connectivity index (χ1) is 8.29. The van der Waals surface area contributed by atoms with Crippen molar-refractivity contribution in [3.63, 3.8) is 0 Å². The van der Waals surface area contributed by atoms with E-state index in [-0.39, 0.29) is 0 Å². The van der Waals surface area contributed by atoms with Crippen LogP contribution in [0.3, 0.4) is 0 Å². The van der Waals surface area contributed by atoms with Crippen molar-refractivity contribution in [2.24, 2.45) is 5.73 Å². The third-order valence-electron chi connectivity index (χ3n) is 3.79. The average molecular weight is 235 g/mol. The van der Waals surface area contributed by atoms with E-state index in [0.29, 0.717) is 12.1 Å². The smallest absolute Gasteiger partial charge is 0.0625 e. The fraction of sp³-hybridized carbons (Fsp3) is 0.786. The van der Waals surface area contributed by atoms with Gasteiger partial charge in [0, 0.05) is 12.2 Å². The molecule has 1 aromatic heterocycles. The molecule has 3 heteroatoms. The first-order valence-corrected chi connectivity index (χ1v) is 7.09. The van der Waals surface area contributed by atoms with Crippen molar-refractivity contribution in [1.29, 1.82) is 0 Å². The molecule has 1 aromatic rings. The molecular formula is C14H25N3. The largest absolute Gasteiger partial charge is 0.328 e. The predicted octanol–water partition coefficient (Wildman–Crippen LogP) is 3.06. The van der Waals surface area contributed by atoms with Gasteiger partial charge >= 0.3 is 0 Å². The second-order valence-corrected chi connectivity index (χ2v) is 5.31. The molecule has 1 atom stereocenters. The van der Waals surface area contributed by atoms with Crippen LogP contribution in [-0.2, 0) is 6.42 Å². The van der Waals surface area contributed by atoms with Gasteiger partial charge in [-0.05, 0) is 38.2 Å². The second kappa shape index (κ2) is 6.20. The maximum absolute atomic E-state index is 6.03. The third kappa shape index (κ3) is 3.56. The molecule has 0 bridgehead atoms. The van der Waals surface area contributed by atoms with Crippen LogP contribution < -0.4 is 5.73 Å². The third-order valence-corrected chi connectivity index (χ3v) is 3.79. The Labute approximate surface area is 104 Å². The van der Waals surface area contributed by atoms with E-state index in [1.165, 1.54) is 37.8 Å². The zero-order valence-electron chi connectivity index (χ0n) is 10.9. The van der Waals surface area contributed by atoms with Crippen LogP contribution in [0.25, 0.3) is 0 Å². The summed E-state index contributed by atoms with van der Waals surface area (Å²) in [5.41, 5.74) is 7.24. The molecule has 0 radical (unpaired) electrons. The van der Waals surface area contributed by atoms with Gasteiger partial charge in [-0.3, -0.25) is 4.68 Å². The number of aromatic nitrogens is 2. The van der Waals surface area contributed by atoms with Gasteiger partial charge in [0.25, 0.3) is 0 Å². The molecule has 17 heavy (non-hydrogen) atoms. The fourth-order valence-electron chi connectivity index (χ4n) is 2.73. The van der Waals surface area contributed by atoms with Gasteiger partial charge in [-0.15, -0.1) is 0 Å². The molecule has 1 heterocycles. The van der Waals surface area contributed by atoms with E-state index in [1.54, 1.807) is 0 Å². The Hall–Kier alpha value is -0.830. The summed E-state index contributed by atoms with van der Waals surface area (Å²) in [5, 5.41) is 4.69. The Morgan fingerprint density at radius 1 is 1.41 bits per heavy atom. The lowest BCUT2D eigenvalue weighted by molar-refractivity contribution is 0.460. The lowest BCUT2D eigenvalue weighted by Crippen LogP contribution is -2.20. The van der Waals surface area contributed by atoms with Crippen LogP contribution in [0, 0.1) is 0 Å². The summed E-state index contributed by atoms with van der Waals surface area (Å²) < 4.78 is 2.17. The normalized spacial score (nSPS) is 18.7. The number of rotatable bonds is 6. The van der Waals surface area contributed by atoms with Crippen LogP contribution in [-0.4, -0.2) is 15.8 Å². The summed E-state index contributed by atoms with van der Waals surface area (Å²) in [7, 11) is 0. The minimum atomic E-state index is 0.344. The van der Waals surface area contributed by atoms with Gasteiger partial charge in [0.15, 0.2) is 0 Å². The van der Waals surface area contributed by atoms with E-state index < -0.39 is 0 Å². The quantitative estimate of drug-likeness (QED) is 0.823. The highest BCUT2D eigenvalue weighted by atomic mass is 15.3. The first kappa shape index (κ1) is 12.6. The summed E-state index contributed by atoms with van der Waals surface area (Å²) in [5.74, 6) is 0. The summed E-state index contributed by atoms with van der Waals surface area (Å²) >= 11 is 0. The van der Waals surface area contributed by atoms with Crippen molar-refractivity contribution in [2.45, 2.75) is 70.4 Å². The monoisotopic (exact) mass is 235 g/mol. The molecule has 3 nitrogen and oxygen atoms in total. The van der Waals surface area contributed by atoms with Gasteiger partial charge in [0.05, 0.1) is 11.7 Å². The van der Waals surface area contributed by atoms with Crippen LogP contribution >= 0.6 is 0 Å². The molecule has 2 N–H and O–H groups in total. The number of nitrogens with two attached hydrogens (primary N) is 1. The number of hydrogen-bond donors (Lipinski definition) is 1. The minimum Gasteiger partial charge on any atom is -0.328 e. The molecule has 1 aliphatic carbocycles. The van der Waals surface area contributed by atoms with Crippen LogP contribution in [0.5, 0.6) is 0 Å². The number of aryl methyl sites for hydroxylation is 1. The topological polar surface area (TPSA) is 43.8 Å². The van der Waals surface area contributed by atoms with Gasteiger partial charge in [0.2, 0.25) is 0 Å². The van der Waals surface area contributed by atoms with E-state index in [2.05, 4.69) is 29.0 Å². The van der Waals surface area contributed by atoms with Crippen LogP contribution in [0.15, 0.2) is 12.3 Å². The average Bonchev–Trinajstić information content (AvgIpc) is 2.97. The van der Waals surface area contributed by atoms with E-state index in [1.807, 2.05) is 0 Å². The highest BCUT2D eigenvalue weighted by Gasteiger charge is 2.17. The Kier molecular flexibility index (Phi) is 4.60. The first-order valence-electron chi connectivity index (χ1n) is 7.09. The van der Waals surface area contributed by atoms with Gasteiger partial charge < -0.3 is 5.73 Å². The Morgan fingerprint density at radius 3 is 2.88 bits per heavy atom. The molecule has 1 fully saturated rings. The SMILES string of the molecule is CCCC(N)CCc1ccn(C2CCCC2)n1. The van der Waals surface area contributed by atoms with Crippen LogP contribution in [0.4, 0.5) is 0 Å². The highest BCUT2D eigenvalue weighted by molar-refractivity contribution is 5.00. The molecule has 0 aromatic carbocycles. The molecule has 2 rings (SSSR count). The van der Waals surface area contributed by atoms with Gasteiger partial charge in [-0.2, -0.15) is 5.10 Å². The molecule has 0 amide bonds. The highest BCUT2D eigenvalue weighted by Crippen LogP contribution is 2.28. The molecule has 1 aliphatic rings. The molecule has 1 saturated carbocycles. The molecule has 0 saturated heterocycles. The number of hydrogen-bond acceptors (Lipinski definition) is 2. The molecule has 0 spiro atoms. The fourth-order valence-corrected chi connectivity index (χ4v) is 2.73. The van der Waals surface area contributed by atoms with Gasteiger partial charge in [0.1, 0.15) is 0 Å². The number of nitrogens with zero attached hydrogens (tertiary/aromatic N) is 2. The van der Waals surface area contributed by atoms with Crippen molar-refractivity contribution in [1.82, 2.24) is 9.78 Å².